The molecule has 27 heavy (non-hydrogen) atoms. The van der Waals surface area contributed by atoms with E-state index in [1.807, 2.05) is 29.2 Å². The van der Waals surface area contributed by atoms with Crippen LogP contribution in [0.1, 0.15) is 42.1 Å². The van der Waals surface area contributed by atoms with Crippen LogP contribution < -0.4 is 0 Å². The first-order valence-electron chi connectivity index (χ1n) is 9.38. The van der Waals surface area contributed by atoms with Crippen LogP contribution in [-0.2, 0) is 16.1 Å². The smallest absolute Gasteiger partial charge is 0.254 e. The summed E-state index contributed by atoms with van der Waals surface area (Å²) in [5.41, 5.74) is 1.07. The lowest BCUT2D eigenvalue weighted by atomic mass is 9.82. The topological polar surface area (TPSA) is 81.2 Å². The number of carbonyl (C=O) groups excluding carboxylic acids is 3. The second-order valence-corrected chi connectivity index (χ2v) is 7.49. The summed E-state index contributed by atoms with van der Waals surface area (Å²) in [5.74, 6) is -0.119. The third kappa shape index (κ3) is 3.69. The largest absolute Gasteiger partial charge is 0.395 e. The van der Waals surface area contributed by atoms with Crippen LogP contribution in [0.5, 0.6) is 0 Å². The van der Waals surface area contributed by atoms with E-state index >= 15 is 0 Å². The first-order valence-corrected chi connectivity index (χ1v) is 9.38. The van der Waals surface area contributed by atoms with Crippen LogP contribution in [0.4, 0.5) is 0 Å². The normalized spacial score (nSPS) is 18.4. The van der Waals surface area contributed by atoms with Crippen LogP contribution in [0.2, 0.25) is 0 Å². The number of likely N-dealkylation sites (N-methyl/N-ethyl adjacent to an activating group) is 1. The standard InChI is InChI=1S/C20H27N3O4/c1-15(25)22-9-7-20(8-10-22,13-18(26)21(2)11-12-24)23-14-16-5-3-4-6-17(16)19(23)27/h3-6,24H,7-14H2,1-2H3. The number of rotatable bonds is 5. The fourth-order valence-corrected chi connectivity index (χ4v) is 4.11. The average Bonchev–Trinajstić information content (AvgIpc) is 3.00. The van der Waals surface area contributed by atoms with Crippen molar-refractivity contribution in [3.8, 4) is 0 Å². The average molecular weight is 373 g/mol. The number of piperidine rings is 1. The number of likely N-dealkylation sites (tertiary alicyclic amines) is 1. The summed E-state index contributed by atoms with van der Waals surface area (Å²) in [6, 6.07) is 7.55. The maximum atomic E-state index is 13.1. The Morgan fingerprint density at radius 1 is 1.22 bits per heavy atom. The molecular weight excluding hydrogens is 346 g/mol. The van der Waals surface area contributed by atoms with Crippen molar-refractivity contribution in [3.63, 3.8) is 0 Å². The lowest BCUT2D eigenvalue weighted by Gasteiger charge is -2.47. The number of hydrogen-bond acceptors (Lipinski definition) is 4. The van der Waals surface area contributed by atoms with Crippen molar-refractivity contribution in [2.75, 3.05) is 33.3 Å². The van der Waals surface area contributed by atoms with Gasteiger partial charge in [-0.25, -0.2) is 0 Å². The highest BCUT2D eigenvalue weighted by Crippen LogP contribution is 2.38. The van der Waals surface area contributed by atoms with Crippen LogP contribution in [0.15, 0.2) is 24.3 Å². The number of aliphatic hydroxyl groups is 1. The minimum atomic E-state index is -0.608. The van der Waals surface area contributed by atoms with Crippen molar-refractivity contribution in [1.29, 1.82) is 0 Å². The van der Waals surface area contributed by atoms with Crippen molar-refractivity contribution >= 4 is 17.7 Å². The van der Waals surface area contributed by atoms with Crippen molar-refractivity contribution < 1.29 is 19.5 Å². The summed E-state index contributed by atoms with van der Waals surface area (Å²) in [5, 5.41) is 9.12. The Bertz CT molecular complexity index is 740. The highest BCUT2D eigenvalue weighted by molar-refractivity contribution is 5.99. The van der Waals surface area contributed by atoms with Crippen molar-refractivity contribution in [1.82, 2.24) is 14.7 Å². The Kier molecular flexibility index (Phi) is 5.51. The molecule has 0 atom stereocenters. The molecule has 7 nitrogen and oxygen atoms in total. The molecule has 146 valence electrons. The fourth-order valence-electron chi connectivity index (χ4n) is 4.11. The second-order valence-electron chi connectivity index (χ2n) is 7.49. The molecule has 3 rings (SSSR count). The lowest BCUT2D eigenvalue weighted by Crippen LogP contribution is -2.58. The molecule has 3 amide bonds. The minimum absolute atomic E-state index is 0.0170. The summed E-state index contributed by atoms with van der Waals surface area (Å²) in [6.45, 7) is 3.28. The van der Waals surface area contributed by atoms with Gasteiger partial charge in [0, 0.05) is 45.7 Å². The Hall–Kier alpha value is -2.41. The van der Waals surface area contributed by atoms with E-state index in [-0.39, 0.29) is 37.3 Å². The zero-order valence-electron chi connectivity index (χ0n) is 16.0. The summed E-state index contributed by atoms with van der Waals surface area (Å²) in [7, 11) is 1.66. The van der Waals surface area contributed by atoms with Gasteiger partial charge in [-0.05, 0) is 24.5 Å². The third-order valence-corrected chi connectivity index (χ3v) is 5.87. The van der Waals surface area contributed by atoms with Gasteiger partial charge in [-0.2, -0.15) is 0 Å². The van der Waals surface area contributed by atoms with Crippen LogP contribution in [-0.4, -0.2) is 76.4 Å². The van der Waals surface area contributed by atoms with Gasteiger partial charge in [0.2, 0.25) is 11.8 Å². The maximum Gasteiger partial charge on any atom is 0.254 e. The van der Waals surface area contributed by atoms with Crippen LogP contribution in [0.25, 0.3) is 0 Å². The number of nitrogens with zero attached hydrogens (tertiary/aromatic N) is 3. The predicted octanol–water partition coefficient (Wildman–Crippen LogP) is 0.864. The van der Waals surface area contributed by atoms with Gasteiger partial charge in [0.15, 0.2) is 0 Å². The summed E-state index contributed by atoms with van der Waals surface area (Å²) in [4.78, 5) is 42.7. The molecule has 0 radical (unpaired) electrons. The lowest BCUT2D eigenvalue weighted by molar-refractivity contribution is -0.136. The van der Waals surface area contributed by atoms with Gasteiger partial charge in [0.25, 0.3) is 5.91 Å². The number of hydrogen-bond donors (Lipinski definition) is 1. The first-order chi connectivity index (χ1) is 12.9. The summed E-state index contributed by atoms with van der Waals surface area (Å²) >= 11 is 0. The molecule has 0 saturated carbocycles. The molecule has 2 heterocycles. The van der Waals surface area contributed by atoms with Gasteiger partial charge >= 0.3 is 0 Å². The van der Waals surface area contributed by atoms with Gasteiger partial charge in [-0.1, -0.05) is 18.2 Å². The molecule has 0 bridgehead atoms. The van der Waals surface area contributed by atoms with E-state index < -0.39 is 5.54 Å². The molecule has 1 saturated heterocycles. The van der Waals surface area contributed by atoms with E-state index in [4.69, 9.17) is 5.11 Å². The molecular formula is C20H27N3O4. The van der Waals surface area contributed by atoms with Gasteiger partial charge in [0.1, 0.15) is 0 Å². The van der Waals surface area contributed by atoms with Crippen molar-refractivity contribution in [2.45, 2.75) is 38.3 Å². The molecule has 0 aliphatic carbocycles. The van der Waals surface area contributed by atoms with E-state index in [9.17, 15) is 14.4 Å². The third-order valence-electron chi connectivity index (χ3n) is 5.87. The number of benzene rings is 1. The van der Waals surface area contributed by atoms with Crippen molar-refractivity contribution in [2.24, 2.45) is 0 Å². The van der Waals surface area contributed by atoms with Crippen LogP contribution in [0, 0.1) is 0 Å². The molecule has 2 aliphatic rings. The van der Waals surface area contributed by atoms with E-state index in [0.717, 1.165) is 5.56 Å². The second kappa shape index (κ2) is 7.68. The number of amides is 3. The number of aliphatic hydroxyl groups excluding tert-OH is 1. The van der Waals surface area contributed by atoms with E-state index in [1.165, 1.54) is 4.90 Å². The van der Waals surface area contributed by atoms with E-state index in [2.05, 4.69) is 0 Å². The zero-order chi connectivity index (χ0) is 19.6. The summed E-state index contributed by atoms with van der Waals surface area (Å²) < 4.78 is 0. The quantitative estimate of drug-likeness (QED) is 0.830. The Balaban J connectivity index is 1.86. The van der Waals surface area contributed by atoms with E-state index in [0.29, 0.717) is 38.0 Å². The molecule has 0 spiro atoms. The molecule has 2 aliphatic heterocycles. The van der Waals surface area contributed by atoms with Gasteiger partial charge in [0.05, 0.1) is 18.6 Å². The van der Waals surface area contributed by atoms with Gasteiger partial charge < -0.3 is 19.8 Å². The summed E-state index contributed by atoms with van der Waals surface area (Å²) in [6.07, 6.45) is 1.35. The zero-order valence-corrected chi connectivity index (χ0v) is 16.0. The Labute approximate surface area is 159 Å². The molecule has 7 heteroatoms. The molecule has 1 N–H and O–H groups in total. The minimum Gasteiger partial charge on any atom is -0.395 e. The molecule has 0 aromatic heterocycles. The van der Waals surface area contributed by atoms with Gasteiger partial charge in [-0.3, -0.25) is 14.4 Å². The number of carbonyl (C=O) groups is 3. The number of fused-ring (bicyclic) bond motifs is 1. The van der Waals surface area contributed by atoms with Crippen LogP contribution >= 0.6 is 0 Å². The Morgan fingerprint density at radius 2 is 1.89 bits per heavy atom. The monoisotopic (exact) mass is 373 g/mol. The highest BCUT2D eigenvalue weighted by atomic mass is 16.3. The van der Waals surface area contributed by atoms with Gasteiger partial charge in [-0.15, -0.1) is 0 Å². The molecule has 1 aromatic rings. The first kappa shape index (κ1) is 19.4. The Morgan fingerprint density at radius 3 is 2.48 bits per heavy atom. The molecule has 1 aromatic carbocycles. The van der Waals surface area contributed by atoms with Crippen LogP contribution in [0.3, 0.4) is 0 Å². The van der Waals surface area contributed by atoms with Crippen molar-refractivity contribution in [3.05, 3.63) is 35.4 Å². The highest BCUT2D eigenvalue weighted by Gasteiger charge is 2.47. The maximum absolute atomic E-state index is 13.1. The molecule has 0 unspecified atom stereocenters. The van der Waals surface area contributed by atoms with E-state index in [1.54, 1.807) is 18.9 Å². The molecule has 1 fully saturated rings. The SMILES string of the molecule is CC(=O)N1CCC(CC(=O)N(C)CCO)(N2Cc3ccccc3C2=O)CC1. The fraction of sp³-hybridized carbons (Fsp3) is 0.550. The predicted molar refractivity (Wildman–Crippen MR) is 99.9 cm³/mol.